The molecule has 2 saturated heterocycles. The van der Waals surface area contributed by atoms with Gasteiger partial charge in [0.2, 0.25) is 0 Å². The zero-order valence-corrected chi connectivity index (χ0v) is 14.3. The molecule has 126 valence electrons. The third kappa shape index (κ3) is 3.77. The number of hydrogen-bond acceptors (Lipinski definition) is 5. The van der Waals surface area contributed by atoms with Gasteiger partial charge in [-0.3, -0.25) is 4.90 Å². The molecule has 1 aromatic heterocycles. The number of aromatic nitrogens is 2. The van der Waals surface area contributed by atoms with E-state index < -0.39 is 0 Å². The second-order valence-corrected chi connectivity index (χ2v) is 7.66. The molecule has 3 heterocycles. The van der Waals surface area contributed by atoms with Crippen molar-refractivity contribution in [3.05, 3.63) is 12.4 Å². The Morgan fingerprint density at radius 2 is 1.70 bits per heavy atom. The zero-order valence-electron chi connectivity index (χ0n) is 14.3. The van der Waals surface area contributed by atoms with Gasteiger partial charge in [0.05, 0.1) is 0 Å². The van der Waals surface area contributed by atoms with Crippen LogP contribution in [0.25, 0.3) is 0 Å². The van der Waals surface area contributed by atoms with Crippen LogP contribution in [0, 0.1) is 11.8 Å². The van der Waals surface area contributed by atoms with E-state index in [1.807, 2.05) is 0 Å². The molecule has 2 aliphatic heterocycles. The van der Waals surface area contributed by atoms with Gasteiger partial charge in [-0.2, -0.15) is 0 Å². The minimum atomic E-state index is 0.771. The lowest BCUT2D eigenvalue weighted by Crippen LogP contribution is -2.47. The van der Waals surface area contributed by atoms with E-state index >= 15 is 0 Å². The smallest absolute Gasteiger partial charge is 0.134 e. The Bertz CT molecular complexity index is 522. The molecule has 0 aromatic carbocycles. The summed E-state index contributed by atoms with van der Waals surface area (Å²) in [6.45, 7) is 10.5. The van der Waals surface area contributed by atoms with Crippen molar-refractivity contribution in [2.45, 2.75) is 32.6 Å². The van der Waals surface area contributed by atoms with Crippen molar-refractivity contribution in [2.24, 2.45) is 11.8 Å². The van der Waals surface area contributed by atoms with E-state index in [2.05, 4.69) is 37.7 Å². The van der Waals surface area contributed by atoms with Gasteiger partial charge >= 0.3 is 0 Å². The lowest BCUT2D eigenvalue weighted by atomic mass is 10.0. The summed E-state index contributed by atoms with van der Waals surface area (Å²) in [5.74, 6) is 3.99. The van der Waals surface area contributed by atoms with Crippen LogP contribution in [-0.4, -0.2) is 60.7 Å². The van der Waals surface area contributed by atoms with Crippen molar-refractivity contribution >= 4 is 11.6 Å². The monoisotopic (exact) mass is 315 g/mol. The van der Waals surface area contributed by atoms with Crippen LogP contribution in [0.15, 0.2) is 12.4 Å². The van der Waals surface area contributed by atoms with E-state index in [1.54, 1.807) is 6.33 Å². The van der Waals surface area contributed by atoms with Gasteiger partial charge in [-0.05, 0) is 37.5 Å². The molecule has 5 heteroatoms. The molecule has 23 heavy (non-hydrogen) atoms. The first-order chi connectivity index (χ1) is 11.3. The highest BCUT2D eigenvalue weighted by Crippen LogP contribution is 2.30. The van der Waals surface area contributed by atoms with E-state index in [-0.39, 0.29) is 0 Å². The van der Waals surface area contributed by atoms with Crippen LogP contribution < -0.4 is 9.80 Å². The average molecular weight is 315 g/mol. The van der Waals surface area contributed by atoms with Gasteiger partial charge in [-0.1, -0.05) is 6.92 Å². The Kier molecular flexibility index (Phi) is 4.38. The number of nitrogens with zero attached hydrogens (tertiary/aromatic N) is 5. The second-order valence-electron chi connectivity index (χ2n) is 7.66. The summed E-state index contributed by atoms with van der Waals surface area (Å²) in [6, 6.07) is 2.20. The summed E-state index contributed by atoms with van der Waals surface area (Å²) < 4.78 is 0. The van der Waals surface area contributed by atoms with Crippen LogP contribution in [-0.2, 0) is 0 Å². The van der Waals surface area contributed by atoms with E-state index in [4.69, 9.17) is 0 Å². The van der Waals surface area contributed by atoms with Crippen molar-refractivity contribution < 1.29 is 0 Å². The van der Waals surface area contributed by atoms with Gasteiger partial charge in [0.25, 0.3) is 0 Å². The first-order valence-electron chi connectivity index (χ1n) is 9.32. The van der Waals surface area contributed by atoms with Gasteiger partial charge in [0.15, 0.2) is 0 Å². The van der Waals surface area contributed by atoms with Crippen molar-refractivity contribution in [2.75, 3.05) is 55.6 Å². The number of rotatable bonds is 4. The maximum absolute atomic E-state index is 4.54. The fraction of sp³-hybridized carbons (Fsp3) is 0.778. The molecule has 1 aliphatic carbocycles. The molecule has 1 atom stereocenters. The highest BCUT2D eigenvalue weighted by molar-refractivity contribution is 5.50. The number of anilines is 2. The molecule has 1 unspecified atom stereocenters. The Balaban J connectivity index is 1.38. The normalized spacial score (nSPS) is 26.6. The topological polar surface area (TPSA) is 35.5 Å². The molecule has 5 nitrogen and oxygen atoms in total. The van der Waals surface area contributed by atoms with Crippen molar-refractivity contribution in [3.8, 4) is 0 Å². The molecule has 4 rings (SSSR count). The molecule has 0 N–H and O–H groups in total. The highest BCUT2D eigenvalue weighted by Gasteiger charge is 2.27. The van der Waals surface area contributed by atoms with E-state index in [1.165, 1.54) is 45.3 Å². The standard InChI is InChI=1S/C18H29N5/c1-15-3-2-6-23(12-15)18-11-17(19-14-20-18)22-9-7-21(8-10-22)13-16-4-5-16/h11,14-16H,2-10,12-13H2,1H3. The summed E-state index contributed by atoms with van der Waals surface area (Å²) in [6.07, 6.45) is 7.27. The quantitative estimate of drug-likeness (QED) is 0.851. The van der Waals surface area contributed by atoms with E-state index in [0.29, 0.717) is 0 Å². The number of piperidine rings is 1. The minimum Gasteiger partial charge on any atom is -0.356 e. The fourth-order valence-corrected chi connectivity index (χ4v) is 3.91. The van der Waals surface area contributed by atoms with Gasteiger partial charge in [-0.25, -0.2) is 9.97 Å². The molecule has 0 spiro atoms. The molecule has 1 aromatic rings. The number of hydrogen-bond donors (Lipinski definition) is 0. The average Bonchev–Trinajstić information content (AvgIpc) is 3.40. The second kappa shape index (κ2) is 6.63. The van der Waals surface area contributed by atoms with Crippen LogP contribution in [0.4, 0.5) is 11.6 Å². The van der Waals surface area contributed by atoms with Crippen LogP contribution in [0.5, 0.6) is 0 Å². The molecule has 1 saturated carbocycles. The molecule has 0 amide bonds. The summed E-state index contributed by atoms with van der Waals surface area (Å²) in [4.78, 5) is 16.6. The third-order valence-corrected chi connectivity index (χ3v) is 5.53. The number of piperazine rings is 1. The molecular weight excluding hydrogens is 286 g/mol. The van der Waals surface area contributed by atoms with Crippen LogP contribution in [0.1, 0.15) is 32.6 Å². The van der Waals surface area contributed by atoms with Crippen molar-refractivity contribution in [1.82, 2.24) is 14.9 Å². The summed E-state index contributed by atoms with van der Waals surface area (Å²) in [5.41, 5.74) is 0. The largest absolute Gasteiger partial charge is 0.356 e. The van der Waals surface area contributed by atoms with Crippen molar-refractivity contribution in [3.63, 3.8) is 0 Å². The first kappa shape index (κ1) is 15.2. The van der Waals surface area contributed by atoms with Crippen molar-refractivity contribution in [1.29, 1.82) is 0 Å². The minimum absolute atomic E-state index is 0.771. The molecule has 0 radical (unpaired) electrons. The summed E-state index contributed by atoms with van der Waals surface area (Å²) in [5, 5.41) is 0. The Hall–Kier alpha value is -1.36. The summed E-state index contributed by atoms with van der Waals surface area (Å²) in [7, 11) is 0. The van der Waals surface area contributed by atoms with Gasteiger partial charge in [0, 0.05) is 51.9 Å². The Morgan fingerprint density at radius 3 is 2.39 bits per heavy atom. The zero-order chi connectivity index (χ0) is 15.6. The van der Waals surface area contributed by atoms with E-state index in [0.717, 1.165) is 49.7 Å². The lowest BCUT2D eigenvalue weighted by molar-refractivity contribution is 0.247. The van der Waals surface area contributed by atoms with Gasteiger partial charge in [0.1, 0.15) is 18.0 Å². The maximum Gasteiger partial charge on any atom is 0.134 e. The van der Waals surface area contributed by atoms with Crippen LogP contribution >= 0.6 is 0 Å². The highest BCUT2D eigenvalue weighted by atomic mass is 15.3. The van der Waals surface area contributed by atoms with Gasteiger partial charge < -0.3 is 9.80 Å². The molecule has 3 fully saturated rings. The summed E-state index contributed by atoms with van der Waals surface area (Å²) >= 11 is 0. The first-order valence-corrected chi connectivity index (χ1v) is 9.32. The predicted molar refractivity (Wildman–Crippen MR) is 94.0 cm³/mol. The Labute approximate surface area is 139 Å². The molecular formula is C18H29N5. The van der Waals surface area contributed by atoms with Crippen LogP contribution in [0.3, 0.4) is 0 Å². The maximum atomic E-state index is 4.54. The van der Waals surface area contributed by atoms with Crippen LogP contribution in [0.2, 0.25) is 0 Å². The van der Waals surface area contributed by atoms with Gasteiger partial charge in [-0.15, -0.1) is 0 Å². The van der Waals surface area contributed by atoms with E-state index in [9.17, 15) is 0 Å². The molecule has 0 bridgehead atoms. The SMILES string of the molecule is CC1CCCN(c2cc(N3CCN(CC4CC4)CC3)ncn2)C1. The predicted octanol–water partition coefficient (Wildman–Crippen LogP) is 2.24. The fourth-order valence-electron chi connectivity index (χ4n) is 3.91. The molecule has 3 aliphatic rings. The third-order valence-electron chi connectivity index (χ3n) is 5.53. The Morgan fingerprint density at radius 1 is 0.957 bits per heavy atom. The lowest BCUT2D eigenvalue weighted by Gasteiger charge is -2.36.